The zero-order valence-electron chi connectivity index (χ0n) is 12.0. The Balaban J connectivity index is 2.52. The van der Waals surface area contributed by atoms with Gasteiger partial charge in [0.05, 0.1) is 6.54 Å². The summed E-state index contributed by atoms with van der Waals surface area (Å²) < 4.78 is 1.36. The van der Waals surface area contributed by atoms with Gasteiger partial charge in [0.15, 0.2) is 0 Å². The Hall–Kier alpha value is -3.31. The van der Waals surface area contributed by atoms with Crippen LogP contribution >= 0.6 is 0 Å². The number of hydrogen-bond acceptors (Lipinski definition) is 4. The number of rotatable bonds is 1. The van der Waals surface area contributed by atoms with Gasteiger partial charge < -0.3 is 4.90 Å². The normalized spacial score (nSPS) is 12.7. The van der Waals surface area contributed by atoms with Crippen LogP contribution in [0.25, 0.3) is 16.8 Å². The van der Waals surface area contributed by atoms with Gasteiger partial charge in [0.25, 0.3) is 5.56 Å². The van der Waals surface area contributed by atoms with Gasteiger partial charge >= 0.3 is 0 Å². The molecule has 0 saturated heterocycles. The maximum Gasteiger partial charge on any atom is 0.275 e. The number of hydrogen-bond donors (Lipinski definition) is 0. The number of fused-ring (bicyclic) bond motifs is 1. The predicted octanol–water partition coefficient (Wildman–Crippen LogP) is 2.18. The largest absolute Gasteiger partial charge is 0.354 e. The Kier molecular flexibility index (Phi) is 3.05. The van der Waals surface area contributed by atoms with Crippen LogP contribution in [0.4, 0.5) is 5.82 Å². The predicted molar refractivity (Wildman–Crippen MR) is 84.2 cm³/mol. The number of pyridine rings is 1. The summed E-state index contributed by atoms with van der Waals surface area (Å²) in [6.07, 6.45) is 0. The summed E-state index contributed by atoms with van der Waals surface area (Å²) in [6, 6.07) is 13.2. The van der Waals surface area contributed by atoms with E-state index in [4.69, 9.17) is 0 Å². The summed E-state index contributed by atoms with van der Waals surface area (Å²) in [5.74, 6) is 0.496. The van der Waals surface area contributed by atoms with Crippen molar-refractivity contribution in [1.29, 1.82) is 10.5 Å². The topological polar surface area (TPSA) is 72.8 Å². The van der Waals surface area contributed by atoms with Crippen molar-refractivity contribution in [2.75, 3.05) is 18.5 Å². The summed E-state index contributed by atoms with van der Waals surface area (Å²) >= 11 is 0. The van der Waals surface area contributed by atoms with E-state index in [2.05, 4.69) is 12.6 Å². The van der Waals surface area contributed by atoms with Gasteiger partial charge in [0.2, 0.25) is 0 Å². The van der Waals surface area contributed by atoms with Crippen molar-refractivity contribution in [2.45, 2.75) is 0 Å². The van der Waals surface area contributed by atoms with E-state index >= 15 is 0 Å². The minimum Gasteiger partial charge on any atom is -0.354 e. The van der Waals surface area contributed by atoms with Gasteiger partial charge in [-0.05, 0) is 5.56 Å². The van der Waals surface area contributed by atoms with Crippen LogP contribution in [0.2, 0.25) is 0 Å². The fraction of sp³-hybridized carbons (Fsp3) is 0.118. The summed E-state index contributed by atoms with van der Waals surface area (Å²) in [5.41, 5.74) is 1.51. The molecule has 1 aromatic heterocycles. The average molecular weight is 288 g/mol. The first-order chi connectivity index (χ1) is 10.6. The number of nitriles is 2. The highest BCUT2D eigenvalue weighted by Gasteiger charge is 2.30. The molecule has 0 N–H and O–H groups in total. The zero-order chi connectivity index (χ0) is 15.9. The maximum atomic E-state index is 12.7. The minimum atomic E-state index is -0.426. The van der Waals surface area contributed by atoms with Gasteiger partial charge in [-0.2, -0.15) is 10.5 Å². The van der Waals surface area contributed by atoms with Crippen molar-refractivity contribution >= 4 is 11.5 Å². The molecule has 1 aliphatic heterocycles. The van der Waals surface area contributed by atoms with Crippen molar-refractivity contribution in [3.05, 3.63) is 58.4 Å². The van der Waals surface area contributed by atoms with E-state index < -0.39 is 5.56 Å². The third-order valence-electron chi connectivity index (χ3n) is 3.74. The fourth-order valence-electron chi connectivity index (χ4n) is 2.84. The molecule has 2 aromatic rings. The third-order valence-corrected chi connectivity index (χ3v) is 3.74. The summed E-state index contributed by atoms with van der Waals surface area (Å²) in [5, 5.41) is 19.1. The van der Waals surface area contributed by atoms with Gasteiger partial charge in [0, 0.05) is 18.3 Å². The van der Waals surface area contributed by atoms with Gasteiger partial charge in [-0.25, -0.2) is 0 Å². The molecular weight excluding hydrogens is 276 g/mol. The number of aromatic nitrogens is 1. The Morgan fingerprint density at radius 2 is 1.77 bits per heavy atom. The van der Waals surface area contributed by atoms with Gasteiger partial charge in [0.1, 0.15) is 29.1 Å². The number of likely N-dealkylation sites (N-methyl/N-ethyl adjacent to an activating group) is 1. The monoisotopic (exact) mass is 288 g/mol. The van der Waals surface area contributed by atoms with Crippen molar-refractivity contribution in [1.82, 2.24) is 4.57 Å². The zero-order valence-corrected chi connectivity index (χ0v) is 12.0. The van der Waals surface area contributed by atoms with Gasteiger partial charge in [-0.3, -0.25) is 9.36 Å². The molecule has 0 atom stereocenters. The highest BCUT2D eigenvalue weighted by atomic mass is 16.1. The molecule has 0 spiro atoms. The van der Waals surface area contributed by atoms with Crippen LogP contribution in [0.1, 0.15) is 11.1 Å². The van der Waals surface area contributed by atoms with E-state index in [1.165, 1.54) is 4.57 Å². The molecule has 22 heavy (non-hydrogen) atoms. The molecule has 0 fully saturated rings. The lowest BCUT2D eigenvalue weighted by Gasteiger charge is -2.16. The minimum absolute atomic E-state index is 0.0250. The average Bonchev–Trinajstić information content (AvgIpc) is 2.83. The molecule has 1 aliphatic rings. The molecule has 3 rings (SSSR count). The van der Waals surface area contributed by atoms with E-state index in [-0.39, 0.29) is 5.56 Å². The smallest absolute Gasteiger partial charge is 0.275 e. The molecule has 1 aromatic carbocycles. The fourth-order valence-corrected chi connectivity index (χ4v) is 2.84. The highest BCUT2D eigenvalue weighted by molar-refractivity contribution is 5.84. The second kappa shape index (κ2) is 4.91. The van der Waals surface area contributed by atoms with E-state index in [1.54, 1.807) is 24.1 Å². The van der Waals surface area contributed by atoms with Crippen LogP contribution < -0.4 is 10.5 Å². The van der Waals surface area contributed by atoms with Crippen molar-refractivity contribution in [3.8, 4) is 23.3 Å². The lowest BCUT2D eigenvalue weighted by Crippen LogP contribution is -2.23. The van der Waals surface area contributed by atoms with Crippen LogP contribution in [-0.4, -0.2) is 18.2 Å². The molecule has 0 saturated carbocycles. The molecule has 0 amide bonds. The first-order valence-electron chi connectivity index (χ1n) is 6.68. The summed E-state index contributed by atoms with van der Waals surface area (Å²) in [4.78, 5) is 14.5. The highest BCUT2D eigenvalue weighted by Crippen LogP contribution is 2.35. The van der Waals surface area contributed by atoms with E-state index in [0.717, 1.165) is 0 Å². The van der Waals surface area contributed by atoms with Crippen LogP contribution in [0, 0.1) is 22.7 Å². The summed E-state index contributed by atoms with van der Waals surface area (Å²) in [6.45, 7) is 4.31. The van der Waals surface area contributed by atoms with Crippen molar-refractivity contribution < 1.29 is 0 Å². The Morgan fingerprint density at radius 1 is 1.14 bits per heavy atom. The summed E-state index contributed by atoms with van der Waals surface area (Å²) in [7, 11) is 1.80. The lowest BCUT2D eigenvalue weighted by molar-refractivity contribution is 1.03. The van der Waals surface area contributed by atoms with Crippen molar-refractivity contribution in [2.24, 2.45) is 0 Å². The molecular formula is C17H12N4O. The number of anilines is 1. The van der Waals surface area contributed by atoms with Crippen LogP contribution in [0.15, 0.2) is 41.7 Å². The first kappa shape index (κ1) is 13.7. The number of benzene rings is 1. The molecule has 0 bridgehead atoms. The molecule has 106 valence electrons. The van der Waals surface area contributed by atoms with Crippen LogP contribution in [-0.2, 0) is 0 Å². The van der Waals surface area contributed by atoms with E-state index in [0.29, 0.717) is 34.8 Å². The van der Waals surface area contributed by atoms with E-state index in [9.17, 15) is 15.3 Å². The van der Waals surface area contributed by atoms with Crippen LogP contribution in [0.3, 0.4) is 0 Å². The molecule has 0 unspecified atom stereocenters. The standard InChI is InChI=1S/C17H12N4O/c1-11-10-20(2)16-13(8-18)15(12-6-4-3-5-7-12)14(9-19)17(22)21(11)16/h3-7H,1,10H2,2H3. The molecule has 0 aliphatic carbocycles. The van der Waals surface area contributed by atoms with Crippen LogP contribution in [0.5, 0.6) is 0 Å². The maximum absolute atomic E-state index is 12.7. The second-order valence-electron chi connectivity index (χ2n) is 5.10. The first-order valence-corrected chi connectivity index (χ1v) is 6.68. The second-order valence-corrected chi connectivity index (χ2v) is 5.10. The molecule has 5 heteroatoms. The Labute approximate surface area is 127 Å². The SMILES string of the molecule is C=C1CN(C)c2c(C#N)c(-c3ccccc3)c(C#N)c(=O)n21. The molecule has 0 radical (unpaired) electrons. The van der Waals surface area contributed by atoms with Crippen molar-refractivity contribution in [3.63, 3.8) is 0 Å². The molecule has 5 nitrogen and oxygen atoms in total. The lowest BCUT2D eigenvalue weighted by atomic mass is 9.96. The van der Waals surface area contributed by atoms with E-state index in [1.807, 2.05) is 24.3 Å². The van der Waals surface area contributed by atoms with Gasteiger partial charge in [-0.15, -0.1) is 0 Å². The third kappa shape index (κ3) is 1.73. The quantitative estimate of drug-likeness (QED) is 0.806. The Morgan fingerprint density at radius 3 is 2.36 bits per heavy atom. The molecule has 2 heterocycles. The Bertz CT molecular complexity index is 926. The van der Waals surface area contributed by atoms with Gasteiger partial charge in [-0.1, -0.05) is 36.9 Å². The number of nitrogens with zero attached hydrogens (tertiary/aromatic N) is 4.